The molecule has 0 bridgehead atoms. The number of aromatic nitrogens is 3. The van der Waals surface area contributed by atoms with Crippen molar-refractivity contribution in [3.8, 4) is 0 Å². The summed E-state index contributed by atoms with van der Waals surface area (Å²) in [4.78, 5) is 25.6. The van der Waals surface area contributed by atoms with Crippen LogP contribution in [0.1, 0.15) is 30.1 Å². The van der Waals surface area contributed by atoms with Gasteiger partial charge < -0.3 is 15.2 Å². The number of fused-ring (bicyclic) bond motifs is 1. The van der Waals surface area contributed by atoms with Crippen molar-refractivity contribution in [1.29, 1.82) is 0 Å². The Labute approximate surface area is 172 Å². The van der Waals surface area contributed by atoms with Gasteiger partial charge in [-0.1, -0.05) is 17.7 Å². The summed E-state index contributed by atoms with van der Waals surface area (Å²) >= 11 is 6.16. The van der Waals surface area contributed by atoms with Gasteiger partial charge >= 0.3 is 0 Å². The van der Waals surface area contributed by atoms with Crippen LogP contribution in [0, 0.1) is 5.82 Å². The zero-order valence-corrected chi connectivity index (χ0v) is 16.6. The largest absolute Gasteiger partial charge is 0.347 e. The molecule has 3 heterocycles. The van der Waals surface area contributed by atoms with Gasteiger partial charge in [0.05, 0.1) is 6.54 Å². The van der Waals surface area contributed by atoms with Crippen LogP contribution in [0.25, 0.3) is 0 Å². The Morgan fingerprint density at radius 3 is 2.90 bits per heavy atom. The highest BCUT2D eigenvalue weighted by atomic mass is 35.5. The van der Waals surface area contributed by atoms with Crippen molar-refractivity contribution in [2.45, 2.75) is 44.9 Å². The Balaban J connectivity index is 1.37. The number of benzene rings is 1. The second kappa shape index (κ2) is 8.46. The Morgan fingerprint density at radius 1 is 1.28 bits per heavy atom. The SMILES string of the molecule is O=C1CCC(C(=O)NCc2nnc3n2CCN(Cc2c(F)cccc2Cl)CC3)N1. The molecule has 2 aromatic rings. The molecule has 8 nitrogen and oxygen atoms in total. The molecular formula is C19H22ClFN6O2. The van der Waals surface area contributed by atoms with Crippen LogP contribution in [0.2, 0.25) is 5.02 Å². The third kappa shape index (κ3) is 4.40. The number of amides is 2. The number of rotatable bonds is 5. The molecule has 154 valence electrons. The molecule has 0 saturated carbocycles. The first-order chi connectivity index (χ1) is 14.0. The lowest BCUT2D eigenvalue weighted by Crippen LogP contribution is -2.41. The van der Waals surface area contributed by atoms with Crippen molar-refractivity contribution in [1.82, 2.24) is 30.3 Å². The second-order valence-corrected chi connectivity index (χ2v) is 7.69. The molecule has 1 aromatic heterocycles. The first-order valence-corrected chi connectivity index (χ1v) is 10.0. The van der Waals surface area contributed by atoms with Crippen molar-refractivity contribution in [3.63, 3.8) is 0 Å². The minimum absolute atomic E-state index is 0.100. The fraction of sp³-hybridized carbons (Fsp3) is 0.474. The summed E-state index contributed by atoms with van der Waals surface area (Å²) in [6.45, 7) is 2.72. The highest BCUT2D eigenvalue weighted by Crippen LogP contribution is 2.22. The Bertz CT molecular complexity index is 913. The molecule has 0 radical (unpaired) electrons. The topological polar surface area (TPSA) is 92.1 Å². The van der Waals surface area contributed by atoms with Crippen LogP contribution in [-0.4, -0.2) is 50.6 Å². The van der Waals surface area contributed by atoms with Gasteiger partial charge in [0.25, 0.3) is 0 Å². The van der Waals surface area contributed by atoms with Crippen LogP contribution < -0.4 is 10.6 Å². The van der Waals surface area contributed by atoms with E-state index in [2.05, 4.69) is 25.7 Å². The summed E-state index contributed by atoms with van der Waals surface area (Å²) in [6.07, 6.45) is 1.56. The molecule has 1 aromatic carbocycles. The predicted molar refractivity (Wildman–Crippen MR) is 103 cm³/mol. The molecule has 0 aliphatic carbocycles. The maximum absolute atomic E-state index is 14.1. The van der Waals surface area contributed by atoms with Crippen LogP contribution in [0.15, 0.2) is 18.2 Å². The molecule has 2 aliphatic heterocycles. The van der Waals surface area contributed by atoms with Crippen molar-refractivity contribution in [3.05, 3.63) is 46.3 Å². The molecule has 0 spiro atoms. The number of halogens is 2. The highest BCUT2D eigenvalue weighted by Gasteiger charge is 2.27. The zero-order chi connectivity index (χ0) is 20.4. The lowest BCUT2D eigenvalue weighted by atomic mass is 10.2. The van der Waals surface area contributed by atoms with Gasteiger partial charge in [-0.2, -0.15) is 0 Å². The molecule has 29 heavy (non-hydrogen) atoms. The Hall–Kier alpha value is -2.52. The van der Waals surface area contributed by atoms with Crippen LogP contribution in [-0.2, 0) is 35.6 Å². The lowest BCUT2D eigenvalue weighted by Gasteiger charge is -2.20. The van der Waals surface area contributed by atoms with E-state index in [1.54, 1.807) is 12.1 Å². The van der Waals surface area contributed by atoms with Crippen molar-refractivity contribution < 1.29 is 14.0 Å². The van der Waals surface area contributed by atoms with Crippen LogP contribution in [0.5, 0.6) is 0 Å². The van der Waals surface area contributed by atoms with Gasteiger partial charge in [0, 0.05) is 49.6 Å². The van der Waals surface area contributed by atoms with Gasteiger partial charge in [-0.15, -0.1) is 10.2 Å². The van der Waals surface area contributed by atoms with E-state index < -0.39 is 6.04 Å². The number of nitrogens with zero attached hydrogens (tertiary/aromatic N) is 4. The number of hydrogen-bond donors (Lipinski definition) is 2. The Kier molecular flexibility index (Phi) is 5.77. The number of carbonyl (C=O) groups excluding carboxylic acids is 2. The monoisotopic (exact) mass is 420 g/mol. The van der Waals surface area contributed by atoms with Crippen molar-refractivity contribution in [2.24, 2.45) is 0 Å². The standard InChI is InChI=1S/C19H22ClFN6O2/c20-13-2-1-3-14(21)12(13)11-26-7-6-16-24-25-17(27(16)9-8-26)10-22-19(29)15-4-5-18(28)23-15/h1-3,15H,4-11H2,(H,22,29)(H,23,28). The molecule has 2 N–H and O–H groups in total. The van der Waals surface area contributed by atoms with E-state index in [4.69, 9.17) is 11.6 Å². The Morgan fingerprint density at radius 2 is 2.14 bits per heavy atom. The normalized spacial score (nSPS) is 19.5. The summed E-state index contributed by atoms with van der Waals surface area (Å²) in [5.74, 6) is 0.895. The first kappa shape index (κ1) is 19.8. The summed E-state index contributed by atoms with van der Waals surface area (Å²) in [7, 11) is 0. The maximum Gasteiger partial charge on any atom is 0.242 e. The van der Waals surface area contributed by atoms with Gasteiger partial charge in [-0.3, -0.25) is 14.5 Å². The first-order valence-electron chi connectivity index (χ1n) is 9.64. The van der Waals surface area contributed by atoms with Gasteiger partial charge in [0.2, 0.25) is 11.8 Å². The summed E-state index contributed by atoms with van der Waals surface area (Å²) in [5, 5.41) is 14.4. The van der Waals surface area contributed by atoms with Gasteiger partial charge in [-0.25, -0.2) is 4.39 Å². The van der Waals surface area contributed by atoms with Gasteiger partial charge in [-0.05, 0) is 18.6 Å². The van der Waals surface area contributed by atoms with E-state index >= 15 is 0 Å². The summed E-state index contributed by atoms with van der Waals surface area (Å²) in [5.41, 5.74) is 0.498. The van der Waals surface area contributed by atoms with Crippen LogP contribution in [0.4, 0.5) is 4.39 Å². The quantitative estimate of drug-likeness (QED) is 0.753. The molecule has 4 rings (SSSR count). The smallest absolute Gasteiger partial charge is 0.242 e. The number of nitrogens with one attached hydrogen (secondary N) is 2. The molecular weight excluding hydrogens is 399 g/mol. The minimum atomic E-state index is -0.477. The summed E-state index contributed by atoms with van der Waals surface area (Å²) in [6, 6.07) is 4.24. The van der Waals surface area contributed by atoms with E-state index in [-0.39, 0.29) is 24.2 Å². The van der Waals surface area contributed by atoms with E-state index in [9.17, 15) is 14.0 Å². The van der Waals surface area contributed by atoms with Crippen LogP contribution in [0.3, 0.4) is 0 Å². The molecule has 1 unspecified atom stereocenters. The fourth-order valence-electron chi connectivity index (χ4n) is 3.72. The molecule has 1 saturated heterocycles. The average molecular weight is 421 g/mol. The molecule has 1 fully saturated rings. The van der Waals surface area contributed by atoms with Crippen LogP contribution >= 0.6 is 11.6 Å². The molecule has 2 amide bonds. The van der Waals surface area contributed by atoms with E-state index in [0.717, 1.165) is 5.82 Å². The molecule has 2 aliphatic rings. The highest BCUT2D eigenvalue weighted by molar-refractivity contribution is 6.31. The van der Waals surface area contributed by atoms with Crippen molar-refractivity contribution >= 4 is 23.4 Å². The zero-order valence-electron chi connectivity index (χ0n) is 15.8. The third-order valence-electron chi connectivity index (χ3n) is 5.37. The van der Waals surface area contributed by atoms with E-state index in [1.165, 1.54) is 6.07 Å². The average Bonchev–Trinajstić information content (AvgIpc) is 3.25. The second-order valence-electron chi connectivity index (χ2n) is 7.29. The molecule has 1 atom stereocenters. The van der Waals surface area contributed by atoms with E-state index in [0.29, 0.717) is 61.9 Å². The van der Waals surface area contributed by atoms with Gasteiger partial charge in [0.1, 0.15) is 17.7 Å². The fourth-order valence-corrected chi connectivity index (χ4v) is 3.95. The third-order valence-corrected chi connectivity index (χ3v) is 5.73. The maximum atomic E-state index is 14.1. The number of carbonyl (C=O) groups is 2. The van der Waals surface area contributed by atoms with E-state index in [1.807, 2.05) is 4.57 Å². The lowest BCUT2D eigenvalue weighted by molar-refractivity contribution is -0.125. The van der Waals surface area contributed by atoms with Crippen molar-refractivity contribution in [2.75, 3.05) is 13.1 Å². The predicted octanol–water partition coefficient (Wildman–Crippen LogP) is 1.02. The summed E-state index contributed by atoms with van der Waals surface area (Å²) < 4.78 is 16.1. The van der Waals surface area contributed by atoms with Gasteiger partial charge in [0.15, 0.2) is 5.82 Å². The minimum Gasteiger partial charge on any atom is -0.347 e. The molecule has 10 heteroatoms. The number of hydrogen-bond acceptors (Lipinski definition) is 5.